The van der Waals surface area contributed by atoms with Gasteiger partial charge in [-0.2, -0.15) is 13.2 Å². The molecule has 2 aromatic rings. The van der Waals surface area contributed by atoms with Crippen LogP contribution in [-0.4, -0.2) is 56.9 Å². The van der Waals surface area contributed by atoms with E-state index in [4.69, 9.17) is 16.7 Å². The summed E-state index contributed by atoms with van der Waals surface area (Å²) >= 11 is 6.31. The Bertz CT molecular complexity index is 967. The minimum Gasteiger partial charge on any atom is -0.394 e. The molecule has 2 amide bonds. The van der Waals surface area contributed by atoms with Crippen molar-refractivity contribution in [1.29, 1.82) is 0 Å². The maximum atomic E-state index is 12.6. The third kappa shape index (κ3) is 5.93. The number of hydrogen-bond acceptors (Lipinski definition) is 5. The molecule has 3 heterocycles. The van der Waals surface area contributed by atoms with Crippen LogP contribution in [0.5, 0.6) is 0 Å². The van der Waals surface area contributed by atoms with E-state index in [1.165, 1.54) is 4.90 Å². The number of rotatable bonds is 5. The summed E-state index contributed by atoms with van der Waals surface area (Å²) in [5.74, 6) is 0.0261. The van der Waals surface area contributed by atoms with Gasteiger partial charge >= 0.3 is 12.2 Å². The second kappa shape index (κ2) is 9.63. The summed E-state index contributed by atoms with van der Waals surface area (Å²) < 4.78 is 37.8. The Kier molecular flexibility index (Phi) is 7.14. The second-order valence-corrected chi connectivity index (χ2v) is 7.41. The van der Waals surface area contributed by atoms with E-state index in [-0.39, 0.29) is 25.4 Å². The molecule has 1 atom stereocenters. The van der Waals surface area contributed by atoms with Crippen LogP contribution in [0.2, 0.25) is 5.02 Å². The van der Waals surface area contributed by atoms with Crippen molar-refractivity contribution in [2.45, 2.75) is 25.1 Å². The van der Waals surface area contributed by atoms with Crippen LogP contribution < -0.4 is 5.32 Å². The van der Waals surface area contributed by atoms with Crippen LogP contribution in [0.25, 0.3) is 5.57 Å². The van der Waals surface area contributed by atoms with E-state index in [1.54, 1.807) is 18.3 Å². The quantitative estimate of drug-likeness (QED) is 0.640. The maximum absolute atomic E-state index is 12.6. The molecule has 7 nitrogen and oxygen atoms in total. The van der Waals surface area contributed by atoms with Crippen LogP contribution in [0.3, 0.4) is 0 Å². The van der Waals surface area contributed by atoms with Gasteiger partial charge in [0.25, 0.3) is 0 Å². The molecule has 31 heavy (non-hydrogen) atoms. The largest absolute Gasteiger partial charge is 0.417 e. The fraction of sp³-hybridized carbons (Fsp3) is 0.350. The summed E-state index contributed by atoms with van der Waals surface area (Å²) in [6.45, 7) is 0.274. The zero-order valence-corrected chi connectivity index (χ0v) is 17.0. The van der Waals surface area contributed by atoms with E-state index in [1.807, 2.05) is 0 Å². The van der Waals surface area contributed by atoms with Crippen LogP contribution in [0.1, 0.15) is 23.2 Å². The van der Waals surface area contributed by atoms with Crippen LogP contribution in [0.15, 0.2) is 36.7 Å². The Morgan fingerprint density at radius 2 is 2.06 bits per heavy atom. The molecule has 3 N–H and O–H groups in total. The average molecular weight is 457 g/mol. The Morgan fingerprint density at radius 3 is 2.61 bits per heavy atom. The van der Waals surface area contributed by atoms with Gasteiger partial charge in [0.1, 0.15) is 5.82 Å². The lowest BCUT2D eigenvalue weighted by molar-refractivity contribution is -0.137. The van der Waals surface area contributed by atoms with E-state index in [2.05, 4.69) is 15.3 Å². The molecule has 0 saturated carbocycles. The molecular formula is C20H20ClF3N4O3. The number of hydrogen-bond donors (Lipinski definition) is 3. The number of pyridine rings is 2. The number of nitrogens with zero attached hydrogens (tertiary/aromatic N) is 3. The van der Waals surface area contributed by atoms with Crippen molar-refractivity contribution in [1.82, 2.24) is 14.9 Å². The first-order valence-electron chi connectivity index (χ1n) is 9.39. The molecule has 1 aliphatic heterocycles. The van der Waals surface area contributed by atoms with Crippen molar-refractivity contribution >= 4 is 29.0 Å². The van der Waals surface area contributed by atoms with Crippen LogP contribution in [0, 0.1) is 0 Å². The number of carbonyl (C=O) groups excluding carboxylic acids is 1. The number of anilines is 1. The fourth-order valence-electron chi connectivity index (χ4n) is 3.05. The molecule has 0 bridgehead atoms. The maximum Gasteiger partial charge on any atom is 0.417 e. The SMILES string of the molecule is O=C(Nc1ccc(C(F)(F)F)cn1)N1CC=C(c2ncc(C[C@@H](O)CO)cc2Cl)CC1. The number of alkyl halides is 3. The van der Waals surface area contributed by atoms with E-state index < -0.39 is 23.9 Å². The van der Waals surface area contributed by atoms with E-state index in [9.17, 15) is 23.1 Å². The minimum absolute atomic E-state index is 0.0261. The molecule has 0 aromatic carbocycles. The van der Waals surface area contributed by atoms with Gasteiger partial charge in [0.15, 0.2) is 0 Å². The summed E-state index contributed by atoms with van der Waals surface area (Å²) in [7, 11) is 0. The van der Waals surface area contributed by atoms with E-state index in [0.29, 0.717) is 35.4 Å². The molecule has 3 rings (SSSR count). The first kappa shape index (κ1) is 23.0. The molecule has 11 heteroatoms. The normalized spacial score (nSPS) is 15.4. The van der Waals surface area contributed by atoms with Crippen molar-refractivity contribution in [2.24, 2.45) is 0 Å². The van der Waals surface area contributed by atoms with Crippen molar-refractivity contribution in [3.63, 3.8) is 0 Å². The molecule has 0 unspecified atom stereocenters. The van der Waals surface area contributed by atoms with Crippen molar-refractivity contribution in [3.8, 4) is 0 Å². The third-order valence-corrected chi connectivity index (χ3v) is 4.99. The average Bonchev–Trinajstić information content (AvgIpc) is 2.73. The highest BCUT2D eigenvalue weighted by Crippen LogP contribution is 2.30. The lowest BCUT2D eigenvalue weighted by Crippen LogP contribution is -2.38. The molecule has 2 aromatic heterocycles. The van der Waals surface area contributed by atoms with Gasteiger partial charge in [-0.1, -0.05) is 17.7 Å². The summed E-state index contributed by atoms with van der Waals surface area (Å²) in [5.41, 5.74) is 1.23. The Morgan fingerprint density at radius 1 is 1.29 bits per heavy atom. The van der Waals surface area contributed by atoms with Crippen molar-refractivity contribution in [2.75, 3.05) is 25.0 Å². The molecule has 166 valence electrons. The highest BCUT2D eigenvalue weighted by Gasteiger charge is 2.30. The van der Waals surface area contributed by atoms with E-state index in [0.717, 1.165) is 17.7 Å². The lowest BCUT2D eigenvalue weighted by atomic mass is 10.0. The summed E-state index contributed by atoms with van der Waals surface area (Å²) in [5, 5.41) is 21.3. The van der Waals surface area contributed by atoms with Gasteiger partial charge in [0.05, 0.1) is 29.0 Å². The summed E-state index contributed by atoms with van der Waals surface area (Å²) in [6, 6.07) is 3.16. The standard InChI is InChI=1S/C20H20ClF3N4O3/c21-16-8-12(7-15(30)11-29)9-26-18(16)13-3-5-28(6-4-13)19(31)27-17-2-1-14(10-25-17)20(22,23)24/h1-3,8-10,15,29-30H,4-7,11H2,(H,25,27,31)/t15-/m1/s1. The van der Waals surface area contributed by atoms with Gasteiger partial charge in [0, 0.05) is 31.9 Å². The number of aliphatic hydroxyl groups is 2. The fourth-order valence-corrected chi connectivity index (χ4v) is 3.37. The number of urea groups is 1. The van der Waals surface area contributed by atoms with Gasteiger partial charge in [-0.3, -0.25) is 10.3 Å². The molecule has 1 aliphatic rings. The van der Waals surface area contributed by atoms with Crippen LogP contribution >= 0.6 is 11.6 Å². The van der Waals surface area contributed by atoms with Crippen LogP contribution in [0.4, 0.5) is 23.8 Å². The first-order chi connectivity index (χ1) is 14.7. The molecule has 0 aliphatic carbocycles. The highest BCUT2D eigenvalue weighted by molar-refractivity contribution is 6.32. The van der Waals surface area contributed by atoms with Gasteiger partial charge in [-0.25, -0.2) is 9.78 Å². The predicted molar refractivity (Wildman–Crippen MR) is 108 cm³/mol. The molecule has 0 radical (unpaired) electrons. The molecule has 0 fully saturated rings. The molecule has 0 spiro atoms. The Hall–Kier alpha value is -2.69. The topological polar surface area (TPSA) is 98.6 Å². The summed E-state index contributed by atoms with van der Waals surface area (Å²) in [4.78, 5) is 21.8. The van der Waals surface area contributed by atoms with E-state index >= 15 is 0 Å². The monoisotopic (exact) mass is 456 g/mol. The number of carbonyl (C=O) groups is 1. The van der Waals surface area contributed by atoms with Gasteiger partial charge in [-0.15, -0.1) is 0 Å². The van der Waals surface area contributed by atoms with Gasteiger partial charge < -0.3 is 15.1 Å². The Labute approximate surface area is 181 Å². The molecular weight excluding hydrogens is 437 g/mol. The van der Waals surface area contributed by atoms with Crippen LogP contribution in [-0.2, 0) is 12.6 Å². The predicted octanol–water partition coefficient (Wildman–Crippen LogP) is 3.37. The lowest BCUT2D eigenvalue weighted by Gasteiger charge is -2.26. The summed E-state index contributed by atoms with van der Waals surface area (Å²) in [6.07, 6.45) is -0.607. The number of aliphatic hydroxyl groups excluding tert-OH is 2. The number of halogens is 4. The van der Waals surface area contributed by atoms with Gasteiger partial charge in [-0.05, 0) is 35.8 Å². The zero-order chi connectivity index (χ0) is 22.6. The van der Waals surface area contributed by atoms with Crippen molar-refractivity contribution < 1.29 is 28.2 Å². The zero-order valence-electron chi connectivity index (χ0n) is 16.2. The second-order valence-electron chi connectivity index (χ2n) is 7.00. The van der Waals surface area contributed by atoms with Crippen molar-refractivity contribution in [3.05, 3.63) is 58.5 Å². The number of aromatic nitrogens is 2. The highest BCUT2D eigenvalue weighted by atomic mass is 35.5. The number of amides is 2. The number of nitrogens with one attached hydrogen (secondary N) is 1. The third-order valence-electron chi connectivity index (χ3n) is 4.71. The smallest absolute Gasteiger partial charge is 0.394 e. The van der Waals surface area contributed by atoms with Gasteiger partial charge in [0.2, 0.25) is 0 Å². The first-order valence-corrected chi connectivity index (χ1v) is 9.77. The minimum atomic E-state index is -4.49. The molecule has 0 saturated heterocycles. The Balaban J connectivity index is 1.61.